The SMILES string of the molecule is Cc1ccc(C)c(C(=O)C(C)N(C)CC(F)(F)F)c1. The van der Waals surface area contributed by atoms with Crippen LogP contribution in [0.3, 0.4) is 0 Å². The highest BCUT2D eigenvalue weighted by atomic mass is 19.4. The Kier molecular flexibility index (Phi) is 4.74. The van der Waals surface area contributed by atoms with Gasteiger partial charge < -0.3 is 0 Å². The van der Waals surface area contributed by atoms with E-state index in [1.165, 1.54) is 14.0 Å². The lowest BCUT2D eigenvalue weighted by molar-refractivity contribution is -0.145. The van der Waals surface area contributed by atoms with Crippen LogP contribution in [0.25, 0.3) is 0 Å². The Morgan fingerprint density at radius 2 is 1.89 bits per heavy atom. The maximum absolute atomic E-state index is 12.3. The van der Waals surface area contributed by atoms with E-state index in [0.717, 1.165) is 16.0 Å². The summed E-state index contributed by atoms with van der Waals surface area (Å²) in [6, 6.07) is 4.59. The standard InChI is InChI=1S/C14H18F3NO/c1-9-5-6-10(2)12(7-9)13(19)11(3)18(4)8-14(15,16)17/h5-7,11H,8H2,1-4H3. The lowest BCUT2D eigenvalue weighted by Gasteiger charge is -2.25. The van der Waals surface area contributed by atoms with Crippen LogP contribution in [0.5, 0.6) is 0 Å². The number of hydrogen-bond donors (Lipinski definition) is 0. The van der Waals surface area contributed by atoms with Crippen molar-refractivity contribution >= 4 is 5.78 Å². The third-order valence-electron chi connectivity index (χ3n) is 3.13. The average Bonchev–Trinajstić information content (AvgIpc) is 2.28. The molecule has 0 amide bonds. The first-order chi connectivity index (χ1) is 8.61. The summed E-state index contributed by atoms with van der Waals surface area (Å²) in [4.78, 5) is 13.3. The van der Waals surface area contributed by atoms with Gasteiger partial charge in [-0.3, -0.25) is 9.69 Å². The van der Waals surface area contributed by atoms with Gasteiger partial charge >= 0.3 is 6.18 Å². The van der Waals surface area contributed by atoms with Crippen molar-refractivity contribution in [1.82, 2.24) is 4.90 Å². The van der Waals surface area contributed by atoms with Crippen LogP contribution >= 0.6 is 0 Å². The predicted molar refractivity (Wildman–Crippen MR) is 68.4 cm³/mol. The largest absolute Gasteiger partial charge is 0.401 e. The van der Waals surface area contributed by atoms with Crippen molar-refractivity contribution in [1.29, 1.82) is 0 Å². The van der Waals surface area contributed by atoms with Gasteiger partial charge in [0.2, 0.25) is 0 Å². The first-order valence-corrected chi connectivity index (χ1v) is 6.00. The van der Waals surface area contributed by atoms with Crippen molar-refractivity contribution in [3.8, 4) is 0 Å². The molecule has 5 heteroatoms. The molecular formula is C14H18F3NO. The number of rotatable bonds is 4. The first-order valence-electron chi connectivity index (χ1n) is 6.00. The van der Waals surface area contributed by atoms with Crippen LogP contribution in [0.4, 0.5) is 13.2 Å². The van der Waals surface area contributed by atoms with Crippen LogP contribution in [0, 0.1) is 13.8 Å². The third-order valence-corrected chi connectivity index (χ3v) is 3.13. The highest BCUT2D eigenvalue weighted by molar-refractivity contribution is 6.01. The van der Waals surface area contributed by atoms with Gasteiger partial charge in [-0.15, -0.1) is 0 Å². The Hall–Kier alpha value is -1.36. The molecule has 1 aromatic carbocycles. The fourth-order valence-corrected chi connectivity index (χ4v) is 1.85. The van der Waals surface area contributed by atoms with Crippen molar-refractivity contribution in [3.05, 3.63) is 34.9 Å². The summed E-state index contributed by atoms with van der Waals surface area (Å²) in [5.41, 5.74) is 2.18. The molecule has 0 fully saturated rings. The topological polar surface area (TPSA) is 20.3 Å². The Morgan fingerprint density at radius 3 is 2.42 bits per heavy atom. The van der Waals surface area contributed by atoms with Crippen LogP contribution in [-0.2, 0) is 0 Å². The van der Waals surface area contributed by atoms with Gasteiger partial charge in [0.25, 0.3) is 0 Å². The minimum Gasteiger partial charge on any atom is -0.292 e. The van der Waals surface area contributed by atoms with Gasteiger partial charge in [-0.25, -0.2) is 0 Å². The van der Waals surface area contributed by atoms with Crippen LogP contribution < -0.4 is 0 Å². The smallest absolute Gasteiger partial charge is 0.292 e. The number of hydrogen-bond acceptors (Lipinski definition) is 2. The normalized spacial score (nSPS) is 13.7. The summed E-state index contributed by atoms with van der Waals surface area (Å²) in [7, 11) is 1.31. The summed E-state index contributed by atoms with van der Waals surface area (Å²) >= 11 is 0. The molecule has 1 aromatic rings. The molecule has 0 aliphatic rings. The van der Waals surface area contributed by atoms with Crippen LogP contribution in [0.1, 0.15) is 28.4 Å². The molecule has 1 unspecified atom stereocenters. The van der Waals surface area contributed by atoms with E-state index in [0.29, 0.717) is 5.56 Å². The molecule has 0 aromatic heterocycles. The summed E-state index contributed by atoms with van der Waals surface area (Å²) in [6.07, 6.45) is -4.30. The molecule has 0 radical (unpaired) electrons. The number of Topliss-reactive ketones (excluding diaryl/α,β-unsaturated/α-hetero) is 1. The zero-order valence-electron chi connectivity index (χ0n) is 11.5. The molecule has 0 heterocycles. The van der Waals surface area contributed by atoms with Gasteiger partial charge in [-0.2, -0.15) is 13.2 Å². The summed E-state index contributed by atoms with van der Waals surface area (Å²) in [5.74, 6) is -0.284. The number of nitrogens with zero attached hydrogens (tertiary/aromatic N) is 1. The number of likely N-dealkylation sites (N-methyl/N-ethyl adjacent to an activating group) is 1. The fourth-order valence-electron chi connectivity index (χ4n) is 1.85. The van der Waals surface area contributed by atoms with Crippen molar-refractivity contribution in [2.24, 2.45) is 0 Å². The highest BCUT2D eigenvalue weighted by Crippen LogP contribution is 2.19. The number of halogens is 3. The van der Waals surface area contributed by atoms with Crippen LogP contribution in [0.2, 0.25) is 0 Å². The second-order valence-electron chi connectivity index (χ2n) is 4.89. The summed E-state index contributed by atoms with van der Waals surface area (Å²) in [5, 5.41) is 0. The van der Waals surface area contributed by atoms with E-state index in [9.17, 15) is 18.0 Å². The number of carbonyl (C=O) groups excluding carboxylic acids is 1. The van der Waals surface area contributed by atoms with Gasteiger partial charge in [0.15, 0.2) is 5.78 Å². The molecular weight excluding hydrogens is 255 g/mol. The first kappa shape index (κ1) is 15.7. The molecule has 0 aliphatic heterocycles. The second kappa shape index (κ2) is 5.74. The molecule has 0 saturated heterocycles. The molecule has 106 valence electrons. The number of benzene rings is 1. The van der Waals surface area contributed by atoms with E-state index in [-0.39, 0.29) is 5.78 Å². The minimum absolute atomic E-state index is 0.284. The Morgan fingerprint density at radius 1 is 1.32 bits per heavy atom. The number of ketones is 1. The van der Waals surface area contributed by atoms with E-state index in [1.54, 1.807) is 19.1 Å². The van der Waals surface area contributed by atoms with E-state index in [4.69, 9.17) is 0 Å². The quantitative estimate of drug-likeness (QED) is 0.784. The van der Waals surface area contributed by atoms with Gasteiger partial charge in [-0.1, -0.05) is 17.7 Å². The summed E-state index contributed by atoms with van der Waals surface area (Å²) < 4.78 is 37.0. The monoisotopic (exact) mass is 273 g/mol. The molecule has 0 spiro atoms. The molecule has 2 nitrogen and oxygen atoms in total. The number of carbonyl (C=O) groups is 1. The molecule has 19 heavy (non-hydrogen) atoms. The maximum Gasteiger partial charge on any atom is 0.401 e. The Labute approximate surface area is 111 Å². The van der Waals surface area contributed by atoms with Crippen molar-refractivity contribution in [2.75, 3.05) is 13.6 Å². The average molecular weight is 273 g/mol. The van der Waals surface area contributed by atoms with Crippen molar-refractivity contribution in [3.63, 3.8) is 0 Å². The maximum atomic E-state index is 12.3. The van der Waals surface area contributed by atoms with E-state index < -0.39 is 18.8 Å². The van der Waals surface area contributed by atoms with Crippen molar-refractivity contribution < 1.29 is 18.0 Å². The highest BCUT2D eigenvalue weighted by Gasteiger charge is 2.33. The van der Waals surface area contributed by atoms with Crippen LogP contribution in [-0.4, -0.2) is 36.5 Å². The summed E-state index contributed by atoms with van der Waals surface area (Å²) in [6.45, 7) is 4.03. The molecule has 1 atom stereocenters. The fraction of sp³-hybridized carbons (Fsp3) is 0.500. The van der Waals surface area contributed by atoms with Gasteiger partial charge in [-0.05, 0) is 39.4 Å². The van der Waals surface area contributed by atoms with E-state index in [2.05, 4.69) is 0 Å². The predicted octanol–water partition coefficient (Wildman–Crippen LogP) is 3.37. The molecule has 1 rings (SSSR count). The van der Waals surface area contributed by atoms with Crippen LogP contribution in [0.15, 0.2) is 18.2 Å². The third kappa shape index (κ3) is 4.35. The molecule has 0 N–H and O–H groups in total. The second-order valence-corrected chi connectivity index (χ2v) is 4.89. The van der Waals surface area contributed by atoms with E-state index >= 15 is 0 Å². The zero-order chi connectivity index (χ0) is 14.8. The zero-order valence-corrected chi connectivity index (χ0v) is 11.5. The van der Waals surface area contributed by atoms with Gasteiger partial charge in [0.1, 0.15) is 0 Å². The van der Waals surface area contributed by atoms with Gasteiger partial charge in [0.05, 0.1) is 12.6 Å². The lowest BCUT2D eigenvalue weighted by atomic mass is 9.98. The van der Waals surface area contributed by atoms with Crippen molar-refractivity contribution in [2.45, 2.75) is 33.0 Å². The lowest BCUT2D eigenvalue weighted by Crippen LogP contribution is -2.41. The molecule has 0 bridgehead atoms. The number of alkyl halides is 3. The number of aryl methyl sites for hydroxylation is 2. The van der Waals surface area contributed by atoms with Gasteiger partial charge in [0, 0.05) is 5.56 Å². The molecule has 0 saturated carbocycles. The Balaban J connectivity index is 2.90. The minimum atomic E-state index is -4.30. The van der Waals surface area contributed by atoms with E-state index in [1.807, 2.05) is 13.0 Å². The Bertz CT molecular complexity index is 468. The molecule has 0 aliphatic carbocycles.